The minimum atomic E-state index is -1.75. The molecule has 0 bridgehead atoms. The second kappa shape index (κ2) is 7.24. The SMILES string of the molecule is CCNC(=O)c1noc2c(F)c3c(cc12)CC1(C(=O)NC(=O)NC1=O)[C@@H]1[C@@H](C)O[C@@H](C)CN31. The van der Waals surface area contributed by atoms with Gasteiger partial charge in [-0.15, -0.1) is 0 Å². The van der Waals surface area contributed by atoms with Gasteiger partial charge in [-0.2, -0.15) is 0 Å². The van der Waals surface area contributed by atoms with Gasteiger partial charge >= 0.3 is 6.03 Å². The van der Waals surface area contributed by atoms with Crippen LogP contribution in [0, 0.1) is 11.2 Å². The van der Waals surface area contributed by atoms with Crippen molar-refractivity contribution in [1.82, 2.24) is 21.1 Å². The quantitative estimate of drug-likeness (QED) is 0.555. The highest BCUT2D eigenvalue weighted by atomic mass is 19.1. The molecule has 1 aromatic carbocycles. The molecule has 3 aliphatic rings. The third-order valence-electron chi connectivity index (χ3n) is 6.52. The van der Waals surface area contributed by atoms with Gasteiger partial charge in [0.05, 0.1) is 29.3 Å². The fraction of sp³-hybridized carbons (Fsp3) is 0.476. The van der Waals surface area contributed by atoms with Gasteiger partial charge in [0.1, 0.15) is 0 Å². The number of barbiturate groups is 1. The van der Waals surface area contributed by atoms with E-state index in [-0.39, 0.29) is 41.4 Å². The number of rotatable bonds is 2. The molecule has 5 amide bonds. The van der Waals surface area contributed by atoms with E-state index in [0.29, 0.717) is 12.1 Å². The van der Waals surface area contributed by atoms with Gasteiger partial charge in [0.2, 0.25) is 17.4 Å². The highest BCUT2D eigenvalue weighted by Gasteiger charge is 2.63. The number of hydrogen-bond donors (Lipinski definition) is 3. The number of nitrogens with zero attached hydrogens (tertiary/aromatic N) is 2. The number of imide groups is 2. The molecule has 3 aliphatic heterocycles. The van der Waals surface area contributed by atoms with Crippen LogP contribution in [0.15, 0.2) is 10.6 Å². The topological polar surface area (TPSA) is 143 Å². The van der Waals surface area contributed by atoms with Gasteiger partial charge in [-0.25, -0.2) is 9.18 Å². The Morgan fingerprint density at radius 2 is 2.00 bits per heavy atom. The molecule has 174 valence electrons. The van der Waals surface area contributed by atoms with E-state index in [9.17, 15) is 19.2 Å². The zero-order valence-corrected chi connectivity index (χ0v) is 18.2. The molecule has 0 unspecified atom stereocenters. The number of nitrogens with one attached hydrogen (secondary N) is 3. The number of ether oxygens (including phenoxy) is 1. The third kappa shape index (κ3) is 2.86. The zero-order valence-electron chi connectivity index (χ0n) is 18.2. The number of benzene rings is 1. The number of aromatic nitrogens is 1. The molecule has 3 N–H and O–H groups in total. The van der Waals surface area contributed by atoms with Gasteiger partial charge in [-0.05, 0) is 32.4 Å². The van der Waals surface area contributed by atoms with Crippen LogP contribution in [0.3, 0.4) is 0 Å². The second-order valence-corrected chi connectivity index (χ2v) is 8.60. The van der Waals surface area contributed by atoms with Crippen molar-refractivity contribution in [2.75, 3.05) is 18.0 Å². The van der Waals surface area contributed by atoms with Crippen LogP contribution in [0.5, 0.6) is 0 Å². The summed E-state index contributed by atoms with van der Waals surface area (Å²) in [5.74, 6) is -2.83. The van der Waals surface area contributed by atoms with Crippen LogP contribution in [0.25, 0.3) is 11.0 Å². The summed E-state index contributed by atoms with van der Waals surface area (Å²) in [6.07, 6.45) is -1.17. The molecule has 2 fully saturated rings. The van der Waals surface area contributed by atoms with E-state index in [1.54, 1.807) is 25.7 Å². The van der Waals surface area contributed by atoms with Crippen LogP contribution < -0.4 is 20.9 Å². The zero-order chi connectivity index (χ0) is 23.7. The predicted octanol–water partition coefficient (Wildman–Crippen LogP) is 0.607. The van der Waals surface area contributed by atoms with E-state index in [1.165, 1.54) is 6.07 Å². The van der Waals surface area contributed by atoms with Crippen molar-refractivity contribution in [1.29, 1.82) is 0 Å². The van der Waals surface area contributed by atoms with Gasteiger partial charge in [0, 0.05) is 19.5 Å². The number of carbonyl (C=O) groups excluding carboxylic acids is 4. The lowest BCUT2D eigenvalue weighted by Gasteiger charge is -2.55. The largest absolute Gasteiger partial charge is 0.372 e. The Bertz CT molecular complexity index is 1210. The van der Waals surface area contributed by atoms with Crippen molar-refractivity contribution in [3.8, 4) is 0 Å². The van der Waals surface area contributed by atoms with Crippen molar-refractivity contribution < 1.29 is 32.8 Å². The normalized spacial score (nSPS) is 26.0. The molecular formula is C21H22FN5O6. The summed E-state index contributed by atoms with van der Waals surface area (Å²) in [6.45, 7) is 5.77. The molecule has 5 rings (SSSR count). The molecule has 12 heteroatoms. The summed E-state index contributed by atoms with van der Waals surface area (Å²) in [5, 5.41) is 10.8. The van der Waals surface area contributed by atoms with Gasteiger partial charge in [0.25, 0.3) is 5.91 Å². The monoisotopic (exact) mass is 459 g/mol. The molecule has 0 saturated carbocycles. The number of morpholine rings is 1. The van der Waals surface area contributed by atoms with Crippen molar-refractivity contribution in [2.45, 2.75) is 45.4 Å². The minimum Gasteiger partial charge on any atom is -0.372 e. The summed E-state index contributed by atoms with van der Waals surface area (Å²) in [5.41, 5.74) is -1.54. The molecule has 3 atom stereocenters. The first-order valence-electron chi connectivity index (χ1n) is 10.7. The molecule has 4 heterocycles. The Kier molecular flexibility index (Phi) is 4.67. The first-order chi connectivity index (χ1) is 15.7. The molecular weight excluding hydrogens is 437 g/mol. The number of urea groups is 1. The number of fused-ring (bicyclic) bond motifs is 5. The highest BCUT2D eigenvalue weighted by molar-refractivity contribution is 6.20. The minimum absolute atomic E-state index is 0.0961. The van der Waals surface area contributed by atoms with Gasteiger partial charge in [0.15, 0.2) is 16.9 Å². The summed E-state index contributed by atoms with van der Waals surface area (Å²) < 4.78 is 27.0. The van der Waals surface area contributed by atoms with Crippen LogP contribution in [0.1, 0.15) is 36.8 Å². The summed E-state index contributed by atoms with van der Waals surface area (Å²) >= 11 is 0. The number of halogens is 1. The molecule has 11 nitrogen and oxygen atoms in total. The summed E-state index contributed by atoms with van der Waals surface area (Å²) in [4.78, 5) is 52.2. The van der Waals surface area contributed by atoms with Gasteiger partial charge in [-0.3, -0.25) is 25.0 Å². The third-order valence-corrected chi connectivity index (χ3v) is 6.52. The lowest BCUT2D eigenvalue weighted by atomic mass is 9.66. The molecule has 1 spiro atoms. The maximum Gasteiger partial charge on any atom is 0.328 e. The average molecular weight is 459 g/mol. The Morgan fingerprint density at radius 3 is 2.67 bits per heavy atom. The van der Waals surface area contributed by atoms with E-state index in [1.807, 2.05) is 0 Å². The Hall–Kier alpha value is -3.54. The maximum absolute atomic E-state index is 15.8. The number of hydrogen-bond acceptors (Lipinski definition) is 8. The maximum atomic E-state index is 15.8. The highest BCUT2D eigenvalue weighted by Crippen LogP contribution is 2.49. The van der Waals surface area contributed by atoms with E-state index in [2.05, 4.69) is 21.1 Å². The van der Waals surface area contributed by atoms with Gasteiger partial charge in [-0.1, -0.05) is 5.16 Å². The average Bonchev–Trinajstić information content (AvgIpc) is 3.15. The first kappa shape index (κ1) is 21.3. The molecule has 33 heavy (non-hydrogen) atoms. The Balaban J connectivity index is 1.75. The van der Waals surface area contributed by atoms with Crippen LogP contribution in [-0.2, 0) is 20.7 Å². The van der Waals surface area contributed by atoms with Crippen LogP contribution in [0.2, 0.25) is 0 Å². The Morgan fingerprint density at radius 1 is 1.30 bits per heavy atom. The number of carbonyl (C=O) groups is 4. The molecule has 0 aliphatic carbocycles. The van der Waals surface area contributed by atoms with Crippen LogP contribution in [0.4, 0.5) is 14.9 Å². The van der Waals surface area contributed by atoms with E-state index >= 15 is 4.39 Å². The van der Waals surface area contributed by atoms with E-state index in [4.69, 9.17) is 9.26 Å². The number of amides is 5. The van der Waals surface area contributed by atoms with Crippen LogP contribution >= 0.6 is 0 Å². The van der Waals surface area contributed by atoms with Crippen molar-refractivity contribution in [2.24, 2.45) is 5.41 Å². The second-order valence-electron chi connectivity index (χ2n) is 8.60. The standard InChI is InChI=1S/C21H22FN5O6/c1-4-23-17(28)13-11-5-10-6-21(18(29)24-20(31)25-19(21)30)16-9(3)32-8(2)7-27(16)14(10)12(22)15(11)33-26-13/h5,8-9,16H,4,6-7H2,1-3H3,(H,23,28)(H2,24,25,29,30,31)/t8-,9+,16-/m0/s1. The molecule has 2 saturated heterocycles. The van der Waals surface area contributed by atoms with Crippen molar-refractivity contribution in [3.63, 3.8) is 0 Å². The lowest BCUT2D eigenvalue weighted by molar-refractivity contribution is -0.153. The fourth-order valence-corrected chi connectivity index (χ4v) is 5.36. The predicted molar refractivity (Wildman–Crippen MR) is 111 cm³/mol. The molecule has 1 aromatic heterocycles. The summed E-state index contributed by atoms with van der Waals surface area (Å²) in [7, 11) is 0. The molecule has 0 radical (unpaired) electrons. The van der Waals surface area contributed by atoms with Gasteiger partial charge < -0.3 is 19.5 Å². The smallest absolute Gasteiger partial charge is 0.328 e. The molecule has 2 aromatic rings. The fourth-order valence-electron chi connectivity index (χ4n) is 5.36. The Labute approximate surface area is 187 Å². The summed E-state index contributed by atoms with van der Waals surface area (Å²) in [6, 6.07) is -0.272. The number of anilines is 1. The first-order valence-corrected chi connectivity index (χ1v) is 10.7. The van der Waals surface area contributed by atoms with Crippen molar-refractivity contribution in [3.05, 3.63) is 23.1 Å². The van der Waals surface area contributed by atoms with E-state index in [0.717, 1.165) is 0 Å². The lowest BCUT2D eigenvalue weighted by Crippen LogP contribution is -2.75. The van der Waals surface area contributed by atoms with Crippen LogP contribution in [-0.4, -0.2) is 60.2 Å². The van der Waals surface area contributed by atoms with E-state index < -0.39 is 47.1 Å². The van der Waals surface area contributed by atoms with Crippen molar-refractivity contribution >= 4 is 40.4 Å².